The van der Waals surface area contributed by atoms with Crippen LogP contribution in [0.5, 0.6) is 0 Å². The number of rotatable bonds is 4. The Morgan fingerprint density at radius 3 is 2.83 bits per heavy atom. The van der Waals surface area contributed by atoms with Gasteiger partial charge < -0.3 is 24.4 Å². The number of anilines is 2. The highest BCUT2D eigenvalue weighted by Gasteiger charge is 2.20. The van der Waals surface area contributed by atoms with Crippen LogP contribution in [-0.2, 0) is 21.3 Å². The molecule has 2 aromatic heterocycles. The number of ether oxygens (including phenoxy) is 3. The van der Waals surface area contributed by atoms with Crippen LogP contribution in [0.3, 0.4) is 0 Å². The Balaban J connectivity index is 1.59. The molecule has 0 amide bonds. The summed E-state index contributed by atoms with van der Waals surface area (Å²) in [4.78, 5) is 11.5. The number of morpholine rings is 1. The lowest BCUT2D eigenvalue weighted by molar-refractivity contribution is -0.0819. The number of aryl methyl sites for hydroxylation is 1. The van der Waals surface area contributed by atoms with Crippen molar-refractivity contribution in [2.75, 3.05) is 62.9 Å². The average Bonchev–Trinajstić information content (AvgIpc) is 3.02. The van der Waals surface area contributed by atoms with Crippen LogP contribution >= 0.6 is 0 Å². The third-order valence-corrected chi connectivity index (χ3v) is 4.26. The van der Waals surface area contributed by atoms with Crippen molar-refractivity contribution >= 4 is 22.8 Å². The summed E-state index contributed by atoms with van der Waals surface area (Å²) < 4.78 is 18.3. The molecule has 9 nitrogen and oxygen atoms in total. The molecule has 0 spiro atoms. The predicted molar refractivity (Wildman–Crippen MR) is 88.4 cm³/mol. The van der Waals surface area contributed by atoms with Crippen molar-refractivity contribution in [2.45, 2.75) is 6.10 Å². The zero-order valence-corrected chi connectivity index (χ0v) is 13.8. The van der Waals surface area contributed by atoms with Crippen LogP contribution in [-0.4, -0.2) is 78.5 Å². The highest BCUT2D eigenvalue weighted by molar-refractivity contribution is 5.88. The van der Waals surface area contributed by atoms with Gasteiger partial charge in [0, 0.05) is 26.7 Å². The van der Waals surface area contributed by atoms with Crippen LogP contribution < -0.4 is 10.2 Å². The van der Waals surface area contributed by atoms with Crippen LogP contribution in [0.4, 0.5) is 11.8 Å². The van der Waals surface area contributed by atoms with E-state index in [0.717, 1.165) is 29.9 Å². The van der Waals surface area contributed by atoms with Gasteiger partial charge in [0.05, 0.1) is 50.7 Å². The van der Waals surface area contributed by atoms with Crippen molar-refractivity contribution in [1.29, 1.82) is 0 Å². The maximum Gasteiger partial charge on any atom is 0.226 e. The third-order valence-electron chi connectivity index (χ3n) is 4.26. The summed E-state index contributed by atoms with van der Waals surface area (Å²) in [5, 5.41) is 8.56. The zero-order chi connectivity index (χ0) is 16.4. The van der Waals surface area contributed by atoms with Crippen LogP contribution in [0.2, 0.25) is 0 Å². The zero-order valence-electron chi connectivity index (χ0n) is 13.8. The molecule has 0 bridgehead atoms. The third kappa shape index (κ3) is 3.14. The van der Waals surface area contributed by atoms with Gasteiger partial charge >= 0.3 is 0 Å². The Labute approximate surface area is 139 Å². The maximum absolute atomic E-state index is 5.65. The smallest absolute Gasteiger partial charge is 0.226 e. The molecule has 1 unspecified atom stereocenters. The SMILES string of the molecule is Cn1ncc2c(N3CCOCC3)nc(NCC3COCCO3)nc21. The van der Waals surface area contributed by atoms with E-state index in [1.165, 1.54) is 0 Å². The summed E-state index contributed by atoms with van der Waals surface area (Å²) >= 11 is 0. The molecule has 4 heterocycles. The van der Waals surface area contributed by atoms with Crippen LogP contribution in [0.15, 0.2) is 6.20 Å². The fraction of sp³-hybridized carbons (Fsp3) is 0.667. The molecule has 2 saturated heterocycles. The minimum atomic E-state index is 0.0245. The van der Waals surface area contributed by atoms with Crippen molar-refractivity contribution in [3.8, 4) is 0 Å². The van der Waals surface area contributed by atoms with E-state index in [9.17, 15) is 0 Å². The topological polar surface area (TPSA) is 86.6 Å². The molecule has 4 rings (SSSR count). The molecule has 2 aromatic rings. The van der Waals surface area contributed by atoms with Gasteiger partial charge in [-0.3, -0.25) is 4.68 Å². The van der Waals surface area contributed by atoms with Crippen molar-refractivity contribution < 1.29 is 14.2 Å². The molecule has 2 aliphatic heterocycles. The summed E-state index contributed by atoms with van der Waals surface area (Å²) in [6, 6.07) is 0. The van der Waals surface area contributed by atoms with Crippen molar-refractivity contribution in [3.05, 3.63) is 6.20 Å². The minimum Gasteiger partial charge on any atom is -0.378 e. The second kappa shape index (κ2) is 6.88. The second-order valence-electron chi connectivity index (χ2n) is 5.92. The average molecular weight is 334 g/mol. The van der Waals surface area contributed by atoms with E-state index >= 15 is 0 Å². The van der Waals surface area contributed by atoms with Crippen molar-refractivity contribution in [3.63, 3.8) is 0 Å². The molecule has 24 heavy (non-hydrogen) atoms. The normalized spacial score (nSPS) is 22.0. The number of nitrogens with zero attached hydrogens (tertiary/aromatic N) is 5. The van der Waals surface area contributed by atoms with Crippen LogP contribution in [0.1, 0.15) is 0 Å². The molecule has 1 N–H and O–H groups in total. The van der Waals surface area contributed by atoms with E-state index in [4.69, 9.17) is 19.2 Å². The van der Waals surface area contributed by atoms with Gasteiger partial charge in [0.1, 0.15) is 5.82 Å². The number of fused-ring (bicyclic) bond motifs is 1. The van der Waals surface area contributed by atoms with Gasteiger partial charge in [0.15, 0.2) is 5.65 Å². The van der Waals surface area contributed by atoms with Crippen molar-refractivity contribution in [1.82, 2.24) is 19.7 Å². The summed E-state index contributed by atoms with van der Waals surface area (Å²) in [6.07, 6.45) is 1.85. The predicted octanol–water partition coefficient (Wildman–Crippen LogP) is 0.0272. The molecular formula is C15H22N6O3. The highest BCUT2D eigenvalue weighted by Crippen LogP contribution is 2.25. The van der Waals surface area contributed by atoms with Gasteiger partial charge in [0.2, 0.25) is 5.95 Å². The fourth-order valence-corrected chi connectivity index (χ4v) is 2.96. The molecule has 0 radical (unpaired) electrons. The lowest BCUT2D eigenvalue weighted by atomic mass is 10.3. The van der Waals surface area contributed by atoms with E-state index in [2.05, 4.69) is 20.3 Å². The first-order valence-corrected chi connectivity index (χ1v) is 8.27. The van der Waals surface area contributed by atoms with Crippen LogP contribution in [0.25, 0.3) is 11.0 Å². The minimum absolute atomic E-state index is 0.0245. The summed E-state index contributed by atoms with van der Waals surface area (Å²) in [5.74, 6) is 1.49. The monoisotopic (exact) mass is 334 g/mol. The first kappa shape index (κ1) is 15.6. The fourth-order valence-electron chi connectivity index (χ4n) is 2.96. The molecule has 0 aromatic carbocycles. The van der Waals surface area contributed by atoms with Crippen molar-refractivity contribution in [2.24, 2.45) is 7.05 Å². The largest absolute Gasteiger partial charge is 0.378 e. The van der Waals surface area contributed by atoms with Gasteiger partial charge in [-0.15, -0.1) is 0 Å². The highest BCUT2D eigenvalue weighted by atomic mass is 16.6. The Morgan fingerprint density at radius 1 is 1.17 bits per heavy atom. The maximum atomic E-state index is 5.65. The van der Waals surface area contributed by atoms with Gasteiger partial charge in [-0.1, -0.05) is 0 Å². The van der Waals surface area contributed by atoms with Gasteiger partial charge in [-0.25, -0.2) is 0 Å². The molecular weight excluding hydrogens is 312 g/mol. The summed E-state index contributed by atoms with van der Waals surface area (Å²) in [7, 11) is 1.89. The quantitative estimate of drug-likeness (QED) is 0.838. The van der Waals surface area contributed by atoms with E-state index in [1.807, 2.05) is 13.2 Å². The lowest BCUT2D eigenvalue weighted by Crippen LogP contribution is -2.37. The van der Waals surface area contributed by atoms with Gasteiger partial charge in [-0.05, 0) is 0 Å². The first-order chi connectivity index (χ1) is 11.8. The molecule has 130 valence electrons. The molecule has 2 fully saturated rings. The standard InChI is InChI=1S/C15H22N6O3/c1-20-13-12(9-17-20)14(21-2-4-22-5-3-21)19-15(18-13)16-8-11-10-23-6-7-24-11/h9,11H,2-8,10H2,1H3,(H,16,18,19). The Kier molecular flexibility index (Phi) is 4.46. The molecule has 2 aliphatic rings. The number of hydrogen-bond donors (Lipinski definition) is 1. The van der Waals surface area contributed by atoms with Gasteiger partial charge in [-0.2, -0.15) is 15.1 Å². The molecule has 0 aliphatic carbocycles. The second-order valence-corrected chi connectivity index (χ2v) is 5.92. The van der Waals surface area contributed by atoms with Gasteiger partial charge in [0.25, 0.3) is 0 Å². The van der Waals surface area contributed by atoms with E-state index in [0.29, 0.717) is 45.5 Å². The van der Waals surface area contributed by atoms with E-state index < -0.39 is 0 Å². The number of aromatic nitrogens is 4. The Bertz CT molecular complexity index is 694. The van der Waals surface area contributed by atoms with E-state index in [-0.39, 0.29) is 6.10 Å². The number of nitrogens with one attached hydrogen (secondary N) is 1. The lowest BCUT2D eigenvalue weighted by Gasteiger charge is -2.28. The molecule has 0 saturated carbocycles. The summed E-state index contributed by atoms with van der Waals surface area (Å²) in [5.41, 5.74) is 0.815. The van der Waals surface area contributed by atoms with Crippen LogP contribution in [0, 0.1) is 0 Å². The first-order valence-electron chi connectivity index (χ1n) is 8.27. The Morgan fingerprint density at radius 2 is 2.04 bits per heavy atom. The summed E-state index contributed by atoms with van der Waals surface area (Å²) in [6.45, 7) is 5.56. The molecule has 1 atom stereocenters. The van der Waals surface area contributed by atoms with E-state index in [1.54, 1.807) is 4.68 Å². The molecule has 9 heteroatoms. The number of hydrogen-bond acceptors (Lipinski definition) is 8. The Hall–Kier alpha value is -1.97.